The average Bonchev–Trinajstić information content (AvgIpc) is 2.23. The van der Waals surface area contributed by atoms with Gasteiger partial charge < -0.3 is 0 Å². The molecule has 14 heavy (non-hydrogen) atoms. The Labute approximate surface area is 87.8 Å². The second kappa shape index (κ2) is 3.84. The van der Waals surface area contributed by atoms with Crippen LogP contribution in [0.2, 0.25) is 0 Å². The van der Waals surface area contributed by atoms with Crippen molar-refractivity contribution in [3.05, 3.63) is 54.3 Å². The van der Waals surface area contributed by atoms with Crippen LogP contribution in [0.3, 0.4) is 0 Å². The minimum Gasteiger partial charge on any atom is -0.206 e. The van der Waals surface area contributed by atoms with Crippen LogP contribution < -0.4 is 0 Å². The number of hydrogen-bond acceptors (Lipinski definition) is 1. The summed E-state index contributed by atoms with van der Waals surface area (Å²) in [5.74, 6) is -0.283. The van der Waals surface area contributed by atoms with Crippen LogP contribution >= 0.6 is 12.6 Å². The van der Waals surface area contributed by atoms with E-state index < -0.39 is 0 Å². The van der Waals surface area contributed by atoms with Crippen LogP contribution in [-0.4, -0.2) is 0 Å². The van der Waals surface area contributed by atoms with E-state index in [1.807, 2.05) is 36.4 Å². The van der Waals surface area contributed by atoms with Crippen LogP contribution in [0.15, 0.2) is 53.4 Å². The van der Waals surface area contributed by atoms with Gasteiger partial charge in [-0.2, -0.15) is 0 Å². The fourth-order valence-corrected chi connectivity index (χ4v) is 1.46. The Morgan fingerprint density at radius 2 is 1.57 bits per heavy atom. The highest BCUT2D eigenvalue weighted by molar-refractivity contribution is 7.80. The zero-order chi connectivity index (χ0) is 9.97. The summed E-state index contributed by atoms with van der Waals surface area (Å²) in [5.41, 5.74) is 1.89. The molecule has 0 atom stereocenters. The van der Waals surface area contributed by atoms with E-state index in [0.29, 0.717) is 4.90 Å². The molecule has 0 heterocycles. The maximum Gasteiger partial charge on any atom is 0.137 e. The van der Waals surface area contributed by atoms with Crippen LogP contribution in [0.1, 0.15) is 0 Å². The minimum absolute atomic E-state index is 0.283. The molecule has 0 aliphatic rings. The zero-order valence-electron chi connectivity index (χ0n) is 7.44. The van der Waals surface area contributed by atoms with E-state index in [9.17, 15) is 4.39 Å². The summed E-state index contributed by atoms with van der Waals surface area (Å²) in [4.78, 5) is 0.379. The quantitative estimate of drug-likeness (QED) is 0.671. The zero-order valence-corrected chi connectivity index (χ0v) is 8.34. The average molecular weight is 204 g/mol. The molecule has 0 amide bonds. The Balaban J connectivity index is 2.48. The van der Waals surface area contributed by atoms with Gasteiger partial charge in [0.2, 0.25) is 0 Å². The molecule has 0 saturated heterocycles. The van der Waals surface area contributed by atoms with E-state index in [1.54, 1.807) is 6.07 Å². The second-order valence-corrected chi connectivity index (χ2v) is 3.51. The molecule has 0 radical (unpaired) electrons. The van der Waals surface area contributed by atoms with E-state index in [2.05, 4.69) is 12.6 Å². The van der Waals surface area contributed by atoms with Crippen LogP contribution in [0.25, 0.3) is 11.1 Å². The lowest BCUT2D eigenvalue weighted by Crippen LogP contribution is -1.81. The third-order valence-electron chi connectivity index (χ3n) is 2.05. The Morgan fingerprint density at radius 3 is 2.21 bits per heavy atom. The lowest BCUT2D eigenvalue weighted by Gasteiger charge is -2.02. The predicted octanol–water partition coefficient (Wildman–Crippen LogP) is 3.78. The molecular formula is C12H9FS. The molecular weight excluding hydrogens is 195 g/mol. The van der Waals surface area contributed by atoms with Crippen molar-refractivity contribution < 1.29 is 4.39 Å². The first-order chi connectivity index (χ1) is 6.77. The minimum atomic E-state index is -0.283. The van der Waals surface area contributed by atoms with Crippen LogP contribution in [-0.2, 0) is 0 Å². The van der Waals surface area contributed by atoms with Gasteiger partial charge in [-0.25, -0.2) is 4.39 Å². The van der Waals surface area contributed by atoms with Gasteiger partial charge in [-0.05, 0) is 23.3 Å². The second-order valence-electron chi connectivity index (χ2n) is 3.03. The van der Waals surface area contributed by atoms with Crippen LogP contribution in [0, 0.1) is 5.82 Å². The first kappa shape index (κ1) is 9.28. The molecule has 0 unspecified atom stereocenters. The SMILES string of the molecule is Fc1cc(-c2ccccc2)ccc1S. The molecule has 0 aliphatic heterocycles. The molecule has 70 valence electrons. The Hall–Kier alpha value is -1.28. The smallest absolute Gasteiger partial charge is 0.137 e. The molecule has 0 bridgehead atoms. The van der Waals surface area contributed by atoms with Crippen molar-refractivity contribution in [1.82, 2.24) is 0 Å². The number of benzene rings is 2. The van der Waals surface area contributed by atoms with Crippen molar-refractivity contribution in [2.24, 2.45) is 0 Å². The predicted molar refractivity (Wildman–Crippen MR) is 59.1 cm³/mol. The molecule has 2 aromatic rings. The Bertz CT molecular complexity index is 437. The Morgan fingerprint density at radius 1 is 0.857 bits per heavy atom. The highest BCUT2D eigenvalue weighted by atomic mass is 32.1. The third-order valence-corrected chi connectivity index (χ3v) is 2.42. The molecule has 0 spiro atoms. The monoisotopic (exact) mass is 204 g/mol. The lowest BCUT2D eigenvalue weighted by atomic mass is 10.1. The highest BCUT2D eigenvalue weighted by Crippen LogP contribution is 2.22. The van der Waals surface area contributed by atoms with Crippen molar-refractivity contribution in [1.29, 1.82) is 0 Å². The molecule has 0 fully saturated rings. The number of thiol groups is 1. The van der Waals surface area contributed by atoms with Gasteiger partial charge in [0.05, 0.1) is 0 Å². The molecule has 0 saturated carbocycles. The fourth-order valence-electron chi connectivity index (χ4n) is 1.32. The van der Waals surface area contributed by atoms with Crippen LogP contribution in [0.5, 0.6) is 0 Å². The summed E-state index contributed by atoms with van der Waals surface area (Å²) >= 11 is 3.98. The fraction of sp³-hybridized carbons (Fsp3) is 0. The normalized spacial score (nSPS) is 10.1. The summed E-state index contributed by atoms with van der Waals surface area (Å²) < 4.78 is 13.2. The van der Waals surface area contributed by atoms with E-state index in [1.165, 1.54) is 6.07 Å². The summed E-state index contributed by atoms with van der Waals surface area (Å²) in [6.45, 7) is 0. The van der Waals surface area contributed by atoms with Gasteiger partial charge in [-0.1, -0.05) is 36.4 Å². The largest absolute Gasteiger partial charge is 0.206 e. The van der Waals surface area contributed by atoms with Crippen molar-refractivity contribution >= 4 is 12.6 Å². The van der Waals surface area contributed by atoms with Gasteiger partial charge in [0.1, 0.15) is 5.82 Å². The maximum absolute atomic E-state index is 13.2. The number of hydrogen-bond donors (Lipinski definition) is 1. The van der Waals surface area contributed by atoms with Gasteiger partial charge in [-0.15, -0.1) is 12.6 Å². The molecule has 0 N–H and O–H groups in total. The molecule has 2 heteroatoms. The first-order valence-corrected chi connectivity index (χ1v) is 4.76. The maximum atomic E-state index is 13.2. The first-order valence-electron chi connectivity index (χ1n) is 4.31. The van der Waals surface area contributed by atoms with E-state index in [0.717, 1.165) is 11.1 Å². The van der Waals surface area contributed by atoms with Crippen molar-refractivity contribution in [2.45, 2.75) is 4.90 Å². The molecule has 0 aromatic heterocycles. The number of rotatable bonds is 1. The summed E-state index contributed by atoms with van der Waals surface area (Å²) in [7, 11) is 0. The summed E-state index contributed by atoms with van der Waals surface area (Å²) in [6.07, 6.45) is 0. The van der Waals surface area contributed by atoms with E-state index >= 15 is 0 Å². The molecule has 2 aromatic carbocycles. The molecule has 0 aliphatic carbocycles. The standard InChI is InChI=1S/C12H9FS/c13-11-8-10(6-7-12(11)14)9-4-2-1-3-5-9/h1-8,14H. The van der Waals surface area contributed by atoms with Crippen molar-refractivity contribution in [3.63, 3.8) is 0 Å². The van der Waals surface area contributed by atoms with Gasteiger partial charge in [0.15, 0.2) is 0 Å². The number of halogens is 1. The highest BCUT2D eigenvalue weighted by Gasteiger charge is 2.01. The third kappa shape index (κ3) is 1.80. The summed E-state index contributed by atoms with van der Waals surface area (Å²) in [5, 5.41) is 0. The topological polar surface area (TPSA) is 0 Å². The van der Waals surface area contributed by atoms with E-state index in [4.69, 9.17) is 0 Å². The lowest BCUT2D eigenvalue weighted by molar-refractivity contribution is 0.603. The van der Waals surface area contributed by atoms with Gasteiger partial charge in [0, 0.05) is 4.90 Å². The van der Waals surface area contributed by atoms with Gasteiger partial charge >= 0.3 is 0 Å². The molecule has 0 nitrogen and oxygen atoms in total. The van der Waals surface area contributed by atoms with E-state index in [-0.39, 0.29) is 5.82 Å². The van der Waals surface area contributed by atoms with Crippen molar-refractivity contribution in [2.75, 3.05) is 0 Å². The molecule has 2 rings (SSSR count). The van der Waals surface area contributed by atoms with Crippen molar-refractivity contribution in [3.8, 4) is 11.1 Å². The van der Waals surface area contributed by atoms with Gasteiger partial charge in [0.25, 0.3) is 0 Å². The summed E-state index contributed by atoms with van der Waals surface area (Å²) in [6, 6.07) is 14.7. The van der Waals surface area contributed by atoms with Gasteiger partial charge in [-0.3, -0.25) is 0 Å². The Kier molecular flexibility index (Phi) is 2.55. The van der Waals surface area contributed by atoms with Crippen LogP contribution in [0.4, 0.5) is 4.39 Å².